The average molecular weight is 425 g/mol. The van der Waals surface area contributed by atoms with Crippen LogP contribution in [0, 0.1) is 5.41 Å². The average Bonchev–Trinajstić information content (AvgIpc) is 3.35. The quantitative estimate of drug-likeness (QED) is 0.489. The number of halogens is 1. The van der Waals surface area contributed by atoms with Crippen molar-refractivity contribution in [2.75, 3.05) is 18.4 Å². The molecule has 1 aliphatic carbocycles. The molecule has 0 radical (unpaired) electrons. The molecule has 1 saturated heterocycles. The van der Waals surface area contributed by atoms with Crippen LogP contribution in [-0.2, 0) is 21.4 Å². The molecule has 2 aliphatic rings. The molecule has 4 N–H and O–H groups in total. The van der Waals surface area contributed by atoms with E-state index in [1.807, 2.05) is 23.1 Å². The summed E-state index contributed by atoms with van der Waals surface area (Å²) >= 11 is 6.33. The van der Waals surface area contributed by atoms with Gasteiger partial charge in [0.2, 0.25) is 11.8 Å². The monoisotopic (exact) mass is 424 g/mol. The predicted octanol–water partition coefficient (Wildman–Crippen LogP) is 3.46. The molecule has 156 valence electrons. The molecule has 0 atom stereocenters. The Morgan fingerprint density at radius 2 is 1.87 bits per heavy atom. The Kier molecular flexibility index (Phi) is 5.52. The highest BCUT2D eigenvalue weighted by Gasteiger charge is 2.53. The predicted molar refractivity (Wildman–Crippen MR) is 118 cm³/mol. The lowest BCUT2D eigenvalue weighted by Crippen LogP contribution is -2.37. The Hall–Kier alpha value is -2.86. The van der Waals surface area contributed by atoms with Crippen LogP contribution in [0.4, 0.5) is 5.69 Å². The zero-order valence-corrected chi connectivity index (χ0v) is 17.5. The molecular weight excluding hydrogens is 400 g/mol. The number of carbonyl (C=O) groups is 2. The lowest BCUT2D eigenvalue weighted by atomic mass is 9.93. The summed E-state index contributed by atoms with van der Waals surface area (Å²) in [4.78, 5) is 27.6. The first-order chi connectivity index (χ1) is 14.4. The molecule has 4 rings (SSSR count). The van der Waals surface area contributed by atoms with Crippen LogP contribution in [0.1, 0.15) is 42.4 Å². The Balaban J connectivity index is 1.50. The minimum Gasteiger partial charge on any atom is -0.384 e. The number of nitrogens with one attached hydrogen (secondary N) is 2. The Morgan fingerprint density at radius 1 is 1.13 bits per heavy atom. The van der Waals surface area contributed by atoms with Gasteiger partial charge >= 0.3 is 0 Å². The summed E-state index contributed by atoms with van der Waals surface area (Å²) in [6, 6.07) is 12.5. The minimum atomic E-state index is -0.468. The van der Waals surface area contributed by atoms with Gasteiger partial charge in [-0.15, -0.1) is 0 Å². The van der Waals surface area contributed by atoms with Gasteiger partial charge in [-0.2, -0.15) is 0 Å². The van der Waals surface area contributed by atoms with Crippen LogP contribution in [-0.4, -0.2) is 35.6 Å². The number of amides is 2. The number of hydrogen-bond acceptors (Lipinski definition) is 3. The first-order valence-corrected chi connectivity index (χ1v) is 10.6. The van der Waals surface area contributed by atoms with E-state index in [0.29, 0.717) is 16.3 Å². The van der Waals surface area contributed by atoms with Crippen molar-refractivity contribution in [3.05, 3.63) is 64.2 Å². The fourth-order valence-electron chi connectivity index (χ4n) is 4.12. The zero-order chi connectivity index (χ0) is 21.3. The second-order valence-corrected chi connectivity index (χ2v) is 8.52. The van der Waals surface area contributed by atoms with Crippen LogP contribution in [0.3, 0.4) is 0 Å². The minimum absolute atomic E-state index is 0.0367. The molecule has 2 fully saturated rings. The number of likely N-dealkylation sites (tertiary alicyclic amines) is 1. The Bertz CT molecular complexity index is 1010. The van der Waals surface area contributed by atoms with Crippen molar-refractivity contribution in [2.45, 2.75) is 37.5 Å². The van der Waals surface area contributed by atoms with E-state index in [1.165, 1.54) is 0 Å². The van der Waals surface area contributed by atoms with Gasteiger partial charge < -0.3 is 16.0 Å². The Morgan fingerprint density at radius 3 is 2.53 bits per heavy atom. The number of carbonyl (C=O) groups excluding carboxylic acids is 2. The highest BCUT2D eigenvalue weighted by atomic mass is 35.5. The molecule has 6 nitrogen and oxygen atoms in total. The first-order valence-electron chi connectivity index (χ1n) is 10.2. The van der Waals surface area contributed by atoms with E-state index in [2.05, 4.69) is 5.32 Å². The molecule has 2 aromatic carbocycles. The maximum atomic E-state index is 13.1. The normalized spacial score (nSPS) is 16.9. The van der Waals surface area contributed by atoms with Crippen molar-refractivity contribution in [1.82, 2.24) is 4.90 Å². The van der Waals surface area contributed by atoms with Crippen LogP contribution in [0.5, 0.6) is 0 Å². The summed E-state index contributed by atoms with van der Waals surface area (Å²) in [6.07, 6.45) is 3.92. The van der Waals surface area contributed by atoms with E-state index in [4.69, 9.17) is 22.7 Å². The summed E-state index contributed by atoms with van der Waals surface area (Å²) < 4.78 is 0. The van der Waals surface area contributed by atoms with Gasteiger partial charge in [0.1, 0.15) is 5.84 Å². The third-order valence-corrected chi connectivity index (χ3v) is 6.28. The van der Waals surface area contributed by atoms with Crippen LogP contribution >= 0.6 is 11.6 Å². The summed E-state index contributed by atoms with van der Waals surface area (Å²) in [5.41, 5.74) is 7.83. The summed E-state index contributed by atoms with van der Waals surface area (Å²) in [5.74, 6) is -0.0588. The van der Waals surface area contributed by atoms with Gasteiger partial charge in [-0.1, -0.05) is 35.9 Å². The molecule has 0 spiro atoms. The van der Waals surface area contributed by atoms with E-state index in [-0.39, 0.29) is 24.1 Å². The van der Waals surface area contributed by atoms with Crippen LogP contribution in [0.25, 0.3) is 0 Å². The van der Waals surface area contributed by atoms with Crippen molar-refractivity contribution < 1.29 is 9.59 Å². The number of benzene rings is 2. The summed E-state index contributed by atoms with van der Waals surface area (Å²) in [5, 5.41) is 10.8. The van der Waals surface area contributed by atoms with E-state index < -0.39 is 5.41 Å². The van der Waals surface area contributed by atoms with Crippen molar-refractivity contribution in [3.63, 3.8) is 0 Å². The van der Waals surface area contributed by atoms with Gasteiger partial charge in [-0.3, -0.25) is 15.0 Å². The third kappa shape index (κ3) is 4.05. The molecule has 2 aromatic rings. The van der Waals surface area contributed by atoms with Crippen molar-refractivity contribution >= 4 is 34.9 Å². The highest BCUT2D eigenvalue weighted by molar-refractivity contribution is 6.33. The van der Waals surface area contributed by atoms with E-state index in [9.17, 15) is 9.59 Å². The van der Waals surface area contributed by atoms with E-state index in [1.54, 1.807) is 24.3 Å². The number of nitrogens with two attached hydrogens (primary N) is 1. The van der Waals surface area contributed by atoms with Crippen molar-refractivity contribution in [2.24, 2.45) is 5.73 Å². The van der Waals surface area contributed by atoms with Crippen molar-refractivity contribution in [1.29, 1.82) is 5.41 Å². The topological polar surface area (TPSA) is 99.3 Å². The third-order valence-electron chi connectivity index (χ3n) is 5.95. The van der Waals surface area contributed by atoms with Gasteiger partial charge in [-0.25, -0.2) is 0 Å². The van der Waals surface area contributed by atoms with Gasteiger partial charge in [0.15, 0.2) is 0 Å². The van der Waals surface area contributed by atoms with Gasteiger partial charge in [-0.05, 0) is 55.0 Å². The molecule has 0 aromatic heterocycles. The number of anilines is 1. The van der Waals surface area contributed by atoms with Gasteiger partial charge in [0.05, 0.1) is 22.5 Å². The number of amidine groups is 1. The van der Waals surface area contributed by atoms with Crippen LogP contribution in [0.2, 0.25) is 5.02 Å². The second kappa shape index (κ2) is 8.11. The maximum Gasteiger partial charge on any atom is 0.233 e. The second-order valence-electron chi connectivity index (χ2n) is 8.12. The van der Waals surface area contributed by atoms with E-state index >= 15 is 0 Å². The number of nitrogen functional groups attached to an aromatic ring is 1. The zero-order valence-electron chi connectivity index (χ0n) is 16.7. The lowest BCUT2D eigenvalue weighted by molar-refractivity contribution is -0.132. The van der Waals surface area contributed by atoms with Gasteiger partial charge in [0.25, 0.3) is 0 Å². The van der Waals surface area contributed by atoms with Crippen molar-refractivity contribution in [3.8, 4) is 0 Å². The SMILES string of the molecule is N=C(N)c1cccc(CC(=O)Nc2cc(C3(C(=O)N4CCCC4)CC3)ccc2Cl)c1. The number of nitrogens with zero attached hydrogens (tertiary/aromatic N) is 1. The largest absolute Gasteiger partial charge is 0.384 e. The van der Waals surface area contributed by atoms with Crippen LogP contribution in [0.15, 0.2) is 42.5 Å². The summed E-state index contributed by atoms with van der Waals surface area (Å²) in [6.45, 7) is 1.66. The molecule has 30 heavy (non-hydrogen) atoms. The first kappa shape index (κ1) is 20.4. The molecule has 1 saturated carbocycles. The van der Waals surface area contributed by atoms with E-state index in [0.717, 1.165) is 49.9 Å². The van der Waals surface area contributed by atoms with Gasteiger partial charge in [0, 0.05) is 18.7 Å². The molecule has 2 amide bonds. The van der Waals surface area contributed by atoms with Crippen LogP contribution < -0.4 is 11.1 Å². The molecular formula is C23H25ClN4O2. The lowest BCUT2D eigenvalue weighted by Gasteiger charge is -2.23. The molecule has 7 heteroatoms. The number of hydrogen-bond donors (Lipinski definition) is 3. The highest BCUT2D eigenvalue weighted by Crippen LogP contribution is 2.51. The summed E-state index contributed by atoms with van der Waals surface area (Å²) in [7, 11) is 0. The molecule has 0 unspecified atom stereocenters. The molecule has 0 bridgehead atoms. The molecule has 1 heterocycles. The Labute approximate surface area is 180 Å². The fraction of sp³-hybridized carbons (Fsp3) is 0.348. The molecule has 1 aliphatic heterocycles. The fourth-order valence-corrected chi connectivity index (χ4v) is 4.29. The smallest absolute Gasteiger partial charge is 0.233 e. The number of rotatable bonds is 6. The standard InChI is InChI=1S/C23H25ClN4O2/c24-18-7-6-17(23(8-9-23)22(30)28-10-1-2-11-28)14-19(18)27-20(29)13-15-4-3-5-16(12-15)21(25)26/h3-7,12,14H,1-2,8-11,13H2,(H3,25,26)(H,27,29). The maximum absolute atomic E-state index is 13.1.